The Morgan fingerprint density at radius 2 is 1.64 bits per heavy atom. The van der Waals surface area contributed by atoms with Gasteiger partial charge in [-0.1, -0.05) is 26.7 Å². The first-order valence-electron chi connectivity index (χ1n) is 7.78. The molecule has 0 aliphatic rings. The van der Waals surface area contributed by atoms with Gasteiger partial charge in [-0.05, 0) is 37.1 Å². The van der Waals surface area contributed by atoms with Crippen LogP contribution in [0.25, 0.3) is 0 Å². The molecule has 0 fully saturated rings. The van der Waals surface area contributed by atoms with Crippen LogP contribution in [0.15, 0.2) is 24.3 Å². The Bertz CT molecular complexity index is 491. The van der Waals surface area contributed by atoms with Gasteiger partial charge in [0, 0.05) is 18.3 Å². The molecule has 0 spiro atoms. The molecule has 0 heterocycles. The van der Waals surface area contributed by atoms with E-state index in [0.29, 0.717) is 24.1 Å². The SMILES string of the molecule is CCCC(O)(CCC)CC(=O)Nc1ccc(C(=O)NC)cc1. The second-order valence-electron chi connectivity index (χ2n) is 5.61. The van der Waals surface area contributed by atoms with Gasteiger partial charge in [0.15, 0.2) is 0 Å². The molecule has 0 aliphatic heterocycles. The second-order valence-corrected chi connectivity index (χ2v) is 5.61. The first-order chi connectivity index (χ1) is 10.4. The molecule has 3 N–H and O–H groups in total. The third-order valence-electron chi connectivity index (χ3n) is 3.58. The van der Waals surface area contributed by atoms with Crippen molar-refractivity contribution < 1.29 is 14.7 Å². The maximum Gasteiger partial charge on any atom is 0.251 e. The lowest BCUT2D eigenvalue weighted by molar-refractivity contribution is -0.121. The van der Waals surface area contributed by atoms with Crippen LogP contribution >= 0.6 is 0 Å². The van der Waals surface area contributed by atoms with Crippen LogP contribution in [0, 0.1) is 0 Å². The summed E-state index contributed by atoms with van der Waals surface area (Å²) in [6.07, 6.45) is 2.99. The molecule has 5 nitrogen and oxygen atoms in total. The lowest BCUT2D eigenvalue weighted by Gasteiger charge is -2.26. The van der Waals surface area contributed by atoms with Crippen LogP contribution in [0.4, 0.5) is 5.69 Å². The van der Waals surface area contributed by atoms with Gasteiger partial charge >= 0.3 is 0 Å². The maximum atomic E-state index is 12.1. The molecule has 22 heavy (non-hydrogen) atoms. The monoisotopic (exact) mass is 306 g/mol. The van der Waals surface area contributed by atoms with E-state index < -0.39 is 5.60 Å². The zero-order valence-electron chi connectivity index (χ0n) is 13.6. The fourth-order valence-electron chi connectivity index (χ4n) is 2.59. The number of hydrogen-bond acceptors (Lipinski definition) is 3. The van der Waals surface area contributed by atoms with Crippen molar-refractivity contribution in [3.63, 3.8) is 0 Å². The molecule has 2 amide bonds. The Morgan fingerprint density at radius 1 is 1.09 bits per heavy atom. The van der Waals surface area contributed by atoms with E-state index in [1.165, 1.54) is 0 Å². The van der Waals surface area contributed by atoms with Gasteiger partial charge in [-0.25, -0.2) is 0 Å². The standard InChI is InChI=1S/C17H26N2O3/c1-4-10-17(22,11-5-2)12-15(20)19-14-8-6-13(7-9-14)16(21)18-3/h6-9,22H,4-5,10-12H2,1-3H3,(H,18,21)(H,19,20). The topological polar surface area (TPSA) is 78.4 Å². The fraction of sp³-hybridized carbons (Fsp3) is 0.529. The van der Waals surface area contributed by atoms with Crippen molar-refractivity contribution in [2.45, 2.75) is 51.6 Å². The molecular weight excluding hydrogens is 280 g/mol. The summed E-state index contributed by atoms with van der Waals surface area (Å²) in [6.45, 7) is 3.99. The van der Waals surface area contributed by atoms with Crippen molar-refractivity contribution >= 4 is 17.5 Å². The van der Waals surface area contributed by atoms with E-state index in [0.717, 1.165) is 12.8 Å². The summed E-state index contributed by atoms with van der Waals surface area (Å²) in [4.78, 5) is 23.5. The van der Waals surface area contributed by atoms with Crippen LogP contribution in [0.1, 0.15) is 56.3 Å². The van der Waals surface area contributed by atoms with E-state index in [1.807, 2.05) is 13.8 Å². The second kappa shape index (κ2) is 8.54. The molecular formula is C17H26N2O3. The Morgan fingerprint density at radius 3 is 2.09 bits per heavy atom. The van der Waals surface area contributed by atoms with Crippen molar-refractivity contribution in [1.29, 1.82) is 0 Å². The zero-order chi connectivity index (χ0) is 16.6. The van der Waals surface area contributed by atoms with Gasteiger partial charge in [0.1, 0.15) is 0 Å². The number of nitrogens with one attached hydrogen (secondary N) is 2. The van der Waals surface area contributed by atoms with Crippen molar-refractivity contribution in [2.75, 3.05) is 12.4 Å². The molecule has 1 rings (SSSR count). The van der Waals surface area contributed by atoms with E-state index in [2.05, 4.69) is 10.6 Å². The highest BCUT2D eigenvalue weighted by atomic mass is 16.3. The van der Waals surface area contributed by atoms with Crippen LogP contribution in [-0.2, 0) is 4.79 Å². The molecule has 0 bridgehead atoms. The van der Waals surface area contributed by atoms with E-state index in [1.54, 1.807) is 31.3 Å². The predicted molar refractivity (Wildman–Crippen MR) is 87.8 cm³/mol. The number of amides is 2. The van der Waals surface area contributed by atoms with Gasteiger partial charge < -0.3 is 15.7 Å². The molecule has 0 aromatic heterocycles. The number of hydrogen-bond donors (Lipinski definition) is 3. The van der Waals surface area contributed by atoms with Gasteiger partial charge in [-0.3, -0.25) is 9.59 Å². The number of aliphatic hydroxyl groups is 1. The number of anilines is 1. The highest BCUT2D eigenvalue weighted by molar-refractivity contribution is 5.95. The lowest BCUT2D eigenvalue weighted by atomic mass is 9.89. The molecule has 122 valence electrons. The minimum Gasteiger partial charge on any atom is -0.389 e. The van der Waals surface area contributed by atoms with E-state index in [4.69, 9.17) is 0 Å². The minimum absolute atomic E-state index is 0.0892. The molecule has 5 heteroatoms. The Labute approximate surface area is 132 Å². The van der Waals surface area contributed by atoms with Crippen LogP contribution in [0.2, 0.25) is 0 Å². The summed E-state index contributed by atoms with van der Waals surface area (Å²) in [5, 5.41) is 15.8. The summed E-state index contributed by atoms with van der Waals surface area (Å²) in [7, 11) is 1.57. The molecule has 1 aromatic carbocycles. The largest absolute Gasteiger partial charge is 0.389 e. The summed E-state index contributed by atoms with van der Waals surface area (Å²) in [5.74, 6) is -0.379. The lowest BCUT2D eigenvalue weighted by Crippen LogP contribution is -2.33. The minimum atomic E-state index is -0.935. The number of carbonyl (C=O) groups is 2. The molecule has 0 unspecified atom stereocenters. The normalized spacial score (nSPS) is 11.1. The van der Waals surface area contributed by atoms with Crippen molar-refractivity contribution in [3.05, 3.63) is 29.8 Å². The predicted octanol–water partition coefficient (Wildman–Crippen LogP) is 2.71. The molecule has 0 aliphatic carbocycles. The van der Waals surface area contributed by atoms with Gasteiger partial charge in [0.25, 0.3) is 5.91 Å². The zero-order valence-corrected chi connectivity index (χ0v) is 13.6. The van der Waals surface area contributed by atoms with Crippen LogP contribution in [-0.4, -0.2) is 29.6 Å². The highest BCUT2D eigenvalue weighted by Crippen LogP contribution is 2.24. The quantitative estimate of drug-likeness (QED) is 0.691. The van der Waals surface area contributed by atoms with Crippen LogP contribution in [0.3, 0.4) is 0 Å². The fourth-order valence-corrected chi connectivity index (χ4v) is 2.59. The first kappa shape index (κ1) is 18.2. The summed E-state index contributed by atoms with van der Waals surface area (Å²) < 4.78 is 0. The summed E-state index contributed by atoms with van der Waals surface area (Å²) in [5.41, 5.74) is 0.220. The van der Waals surface area contributed by atoms with Crippen molar-refractivity contribution in [2.24, 2.45) is 0 Å². The molecule has 0 saturated heterocycles. The molecule has 0 radical (unpaired) electrons. The van der Waals surface area contributed by atoms with Gasteiger partial charge in [-0.15, -0.1) is 0 Å². The van der Waals surface area contributed by atoms with E-state index in [-0.39, 0.29) is 18.2 Å². The Kier molecular flexibility index (Phi) is 7.05. The first-order valence-corrected chi connectivity index (χ1v) is 7.78. The van der Waals surface area contributed by atoms with E-state index in [9.17, 15) is 14.7 Å². The Balaban J connectivity index is 2.65. The molecule has 1 aromatic rings. The number of benzene rings is 1. The average Bonchev–Trinajstić information content (AvgIpc) is 2.47. The van der Waals surface area contributed by atoms with Crippen LogP contribution in [0.5, 0.6) is 0 Å². The van der Waals surface area contributed by atoms with Crippen molar-refractivity contribution in [1.82, 2.24) is 5.32 Å². The summed E-state index contributed by atoms with van der Waals surface area (Å²) >= 11 is 0. The summed E-state index contributed by atoms with van der Waals surface area (Å²) in [6, 6.07) is 6.67. The van der Waals surface area contributed by atoms with Gasteiger partial charge in [0.2, 0.25) is 5.91 Å². The maximum absolute atomic E-state index is 12.1. The van der Waals surface area contributed by atoms with Gasteiger partial charge in [-0.2, -0.15) is 0 Å². The van der Waals surface area contributed by atoms with E-state index >= 15 is 0 Å². The third kappa shape index (κ3) is 5.48. The molecule has 0 atom stereocenters. The van der Waals surface area contributed by atoms with Gasteiger partial charge in [0.05, 0.1) is 12.0 Å². The molecule has 0 saturated carbocycles. The average molecular weight is 306 g/mol. The third-order valence-corrected chi connectivity index (χ3v) is 3.58. The highest BCUT2D eigenvalue weighted by Gasteiger charge is 2.28. The Hall–Kier alpha value is -1.88. The van der Waals surface area contributed by atoms with Crippen LogP contribution < -0.4 is 10.6 Å². The smallest absolute Gasteiger partial charge is 0.251 e. The number of carbonyl (C=O) groups excluding carboxylic acids is 2. The number of rotatable bonds is 8. The van der Waals surface area contributed by atoms with Crippen molar-refractivity contribution in [3.8, 4) is 0 Å².